The minimum absolute atomic E-state index is 0.664. The average molecular weight is 222 g/mol. The highest BCUT2D eigenvalue weighted by atomic mass is 15.3. The SMILES string of the molecule is Cc1cn(CCC2CCCCN2C)nc1N. The molecule has 1 aliphatic rings. The fourth-order valence-corrected chi connectivity index (χ4v) is 2.44. The number of nitrogen functional groups attached to an aromatic ring is 1. The molecule has 1 saturated heterocycles. The molecule has 1 aromatic heterocycles. The van der Waals surface area contributed by atoms with Gasteiger partial charge in [-0.2, -0.15) is 5.10 Å². The number of aryl methyl sites for hydroxylation is 2. The van der Waals surface area contributed by atoms with Crippen LogP contribution in [0.25, 0.3) is 0 Å². The molecule has 4 nitrogen and oxygen atoms in total. The van der Waals surface area contributed by atoms with Gasteiger partial charge in [0.1, 0.15) is 5.82 Å². The fraction of sp³-hybridized carbons (Fsp3) is 0.750. The molecule has 0 radical (unpaired) electrons. The summed E-state index contributed by atoms with van der Waals surface area (Å²) in [4.78, 5) is 2.48. The Balaban J connectivity index is 1.86. The summed E-state index contributed by atoms with van der Waals surface area (Å²) in [5.41, 5.74) is 6.81. The van der Waals surface area contributed by atoms with E-state index in [1.54, 1.807) is 0 Å². The van der Waals surface area contributed by atoms with E-state index in [1.807, 2.05) is 17.8 Å². The quantitative estimate of drug-likeness (QED) is 0.846. The second-order valence-corrected chi connectivity index (χ2v) is 4.88. The van der Waals surface area contributed by atoms with Gasteiger partial charge in [0.15, 0.2) is 0 Å². The average Bonchev–Trinajstić information content (AvgIpc) is 2.57. The first kappa shape index (κ1) is 11.5. The Hall–Kier alpha value is -1.03. The van der Waals surface area contributed by atoms with Crippen molar-refractivity contribution in [3.05, 3.63) is 11.8 Å². The number of hydrogen-bond acceptors (Lipinski definition) is 3. The van der Waals surface area contributed by atoms with Gasteiger partial charge >= 0.3 is 0 Å². The second-order valence-electron chi connectivity index (χ2n) is 4.88. The van der Waals surface area contributed by atoms with Crippen LogP contribution >= 0.6 is 0 Å². The lowest BCUT2D eigenvalue weighted by Gasteiger charge is -2.32. The maximum Gasteiger partial charge on any atom is 0.148 e. The van der Waals surface area contributed by atoms with E-state index in [1.165, 1.54) is 32.2 Å². The molecular formula is C12H22N4. The Bertz CT molecular complexity index is 325. The monoisotopic (exact) mass is 222 g/mol. The summed E-state index contributed by atoms with van der Waals surface area (Å²) in [6.45, 7) is 4.23. The van der Waals surface area contributed by atoms with Crippen LogP contribution in [0.3, 0.4) is 0 Å². The summed E-state index contributed by atoms with van der Waals surface area (Å²) in [6, 6.07) is 0.722. The molecule has 1 fully saturated rings. The first-order valence-corrected chi connectivity index (χ1v) is 6.16. The van der Waals surface area contributed by atoms with Crippen LogP contribution in [0.1, 0.15) is 31.2 Å². The smallest absolute Gasteiger partial charge is 0.148 e. The van der Waals surface area contributed by atoms with Crippen molar-refractivity contribution in [2.75, 3.05) is 19.3 Å². The van der Waals surface area contributed by atoms with Crippen molar-refractivity contribution >= 4 is 5.82 Å². The zero-order chi connectivity index (χ0) is 11.5. The maximum absolute atomic E-state index is 5.73. The molecule has 2 heterocycles. The van der Waals surface area contributed by atoms with Crippen LogP contribution in [0.4, 0.5) is 5.82 Å². The number of nitrogens with zero attached hydrogens (tertiary/aromatic N) is 3. The van der Waals surface area contributed by atoms with Crippen LogP contribution in [-0.4, -0.2) is 34.3 Å². The number of nitrogens with two attached hydrogens (primary N) is 1. The Morgan fingerprint density at radius 3 is 2.94 bits per heavy atom. The van der Waals surface area contributed by atoms with Crippen LogP contribution in [0.2, 0.25) is 0 Å². The standard InChI is InChI=1S/C12H22N4/c1-10-9-16(14-12(10)13)8-6-11-5-3-4-7-15(11)2/h9,11H,3-8H2,1-2H3,(H2,13,14). The van der Waals surface area contributed by atoms with E-state index in [-0.39, 0.29) is 0 Å². The van der Waals surface area contributed by atoms with Gasteiger partial charge < -0.3 is 10.6 Å². The molecule has 2 rings (SSSR count). The normalized spacial score (nSPS) is 22.5. The molecular weight excluding hydrogens is 200 g/mol. The van der Waals surface area contributed by atoms with E-state index in [0.717, 1.165) is 18.2 Å². The second kappa shape index (κ2) is 4.87. The van der Waals surface area contributed by atoms with Crippen LogP contribution in [0, 0.1) is 6.92 Å². The zero-order valence-electron chi connectivity index (χ0n) is 10.3. The lowest BCUT2D eigenvalue weighted by atomic mass is 10.0. The van der Waals surface area contributed by atoms with Gasteiger partial charge in [-0.3, -0.25) is 4.68 Å². The van der Waals surface area contributed by atoms with E-state index in [0.29, 0.717) is 5.82 Å². The van der Waals surface area contributed by atoms with Crippen molar-refractivity contribution in [2.24, 2.45) is 0 Å². The molecule has 0 saturated carbocycles. The number of hydrogen-bond donors (Lipinski definition) is 1. The number of piperidine rings is 1. The van der Waals surface area contributed by atoms with Gasteiger partial charge in [0, 0.05) is 24.3 Å². The summed E-state index contributed by atoms with van der Waals surface area (Å²) >= 11 is 0. The third-order valence-corrected chi connectivity index (χ3v) is 3.60. The van der Waals surface area contributed by atoms with Gasteiger partial charge in [0.2, 0.25) is 0 Å². The maximum atomic E-state index is 5.73. The van der Waals surface area contributed by atoms with Crippen molar-refractivity contribution in [3.63, 3.8) is 0 Å². The molecule has 1 unspecified atom stereocenters. The van der Waals surface area contributed by atoms with E-state index >= 15 is 0 Å². The van der Waals surface area contributed by atoms with Gasteiger partial charge in [-0.05, 0) is 39.8 Å². The number of anilines is 1. The van der Waals surface area contributed by atoms with Crippen LogP contribution in [0.15, 0.2) is 6.20 Å². The molecule has 0 aliphatic carbocycles. The van der Waals surface area contributed by atoms with E-state index < -0.39 is 0 Å². The predicted molar refractivity (Wildman–Crippen MR) is 66.3 cm³/mol. The van der Waals surface area contributed by atoms with E-state index in [2.05, 4.69) is 17.0 Å². The molecule has 2 N–H and O–H groups in total. The molecule has 16 heavy (non-hydrogen) atoms. The Morgan fingerprint density at radius 2 is 2.31 bits per heavy atom. The molecule has 1 aromatic rings. The predicted octanol–water partition coefficient (Wildman–Crippen LogP) is 1.65. The lowest BCUT2D eigenvalue weighted by Crippen LogP contribution is -2.36. The van der Waals surface area contributed by atoms with Crippen LogP contribution < -0.4 is 5.73 Å². The minimum atomic E-state index is 0.664. The third kappa shape index (κ3) is 2.55. The molecule has 1 aliphatic heterocycles. The van der Waals surface area contributed by atoms with Crippen molar-refractivity contribution in [2.45, 2.75) is 45.2 Å². The summed E-state index contributed by atoms with van der Waals surface area (Å²) in [7, 11) is 2.23. The largest absolute Gasteiger partial charge is 0.382 e. The summed E-state index contributed by atoms with van der Waals surface area (Å²) in [5.74, 6) is 0.664. The van der Waals surface area contributed by atoms with Gasteiger partial charge in [0.05, 0.1) is 0 Å². The summed E-state index contributed by atoms with van der Waals surface area (Å²) in [5, 5.41) is 4.30. The van der Waals surface area contributed by atoms with Crippen molar-refractivity contribution in [1.82, 2.24) is 14.7 Å². The lowest BCUT2D eigenvalue weighted by molar-refractivity contribution is 0.169. The highest BCUT2D eigenvalue weighted by Gasteiger charge is 2.18. The van der Waals surface area contributed by atoms with Crippen molar-refractivity contribution in [3.8, 4) is 0 Å². The molecule has 0 spiro atoms. The first-order valence-electron chi connectivity index (χ1n) is 6.16. The Kier molecular flexibility index (Phi) is 3.49. The molecule has 0 aromatic carbocycles. The highest BCUT2D eigenvalue weighted by molar-refractivity contribution is 5.35. The van der Waals surface area contributed by atoms with E-state index in [9.17, 15) is 0 Å². The van der Waals surface area contributed by atoms with Gasteiger partial charge in [-0.25, -0.2) is 0 Å². The third-order valence-electron chi connectivity index (χ3n) is 3.60. The summed E-state index contributed by atoms with van der Waals surface area (Å²) < 4.78 is 1.98. The van der Waals surface area contributed by atoms with Gasteiger partial charge in [-0.15, -0.1) is 0 Å². The number of likely N-dealkylation sites (tertiary alicyclic amines) is 1. The topological polar surface area (TPSA) is 47.1 Å². The Morgan fingerprint density at radius 1 is 1.50 bits per heavy atom. The molecule has 0 bridgehead atoms. The number of rotatable bonds is 3. The van der Waals surface area contributed by atoms with Crippen molar-refractivity contribution < 1.29 is 0 Å². The van der Waals surface area contributed by atoms with Crippen LogP contribution in [-0.2, 0) is 6.54 Å². The molecule has 0 amide bonds. The minimum Gasteiger partial charge on any atom is -0.382 e. The Labute approximate surface area is 97.4 Å². The molecule has 4 heteroatoms. The van der Waals surface area contributed by atoms with Gasteiger partial charge in [0.25, 0.3) is 0 Å². The van der Waals surface area contributed by atoms with Crippen molar-refractivity contribution in [1.29, 1.82) is 0 Å². The van der Waals surface area contributed by atoms with E-state index in [4.69, 9.17) is 5.73 Å². The fourth-order valence-electron chi connectivity index (χ4n) is 2.44. The number of aromatic nitrogens is 2. The molecule has 1 atom stereocenters. The van der Waals surface area contributed by atoms with Crippen LogP contribution in [0.5, 0.6) is 0 Å². The highest BCUT2D eigenvalue weighted by Crippen LogP contribution is 2.18. The first-order chi connectivity index (χ1) is 7.66. The van der Waals surface area contributed by atoms with Gasteiger partial charge in [-0.1, -0.05) is 6.42 Å². The molecule has 90 valence electrons. The summed E-state index contributed by atoms with van der Waals surface area (Å²) in [6.07, 6.45) is 7.26. The zero-order valence-corrected chi connectivity index (χ0v) is 10.3.